The summed E-state index contributed by atoms with van der Waals surface area (Å²) in [5, 5.41) is 4.29. The summed E-state index contributed by atoms with van der Waals surface area (Å²) in [4.78, 5) is 9.80. The van der Waals surface area contributed by atoms with Gasteiger partial charge in [0.2, 0.25) is 0 Å². The van der Waals surface area contributed by atoms with Gasteiger partial charge < -0.3 is 19.9 Å². The molecule has 1 saturated heterocycles. The van der Waals surface area contributed by atoms with Crippen molar-refractivity contribution in [1.82, 2.24) is 5.32 Å². The van der Waals surface area contributed by atoms with E-state index in [2.05, 4.69) is 74.2 Å². The minimum atomic E-state index is -0.217. The van der Waals surface area contributed by atoms with Crippen molar-refractivity contribution in [1.29, 1.82) is 0 Å². The van der Waals surface area contributed by atoms with Crippen molar-refractivity contribution >= 4 is 34.5 Å². The van der Waals surface area contributed by atoms with E-state index in [1.807, 2.05) is 30.3 Å². The smallest absolute Gasteiger partial charge is 0.179 e. The first kappa shape index (κ1) is 24.5. The Balaban J connectivity index is 1.68. The van der Waals surface area contributed by atoms with E-state index in [0.29, 0.717) is 6.61 Å². The van der Waals surface area contributed by atoms with Crippen LogP contribution in [-0.2, 0) is 0 Å². The molecule has 1 heterocycles. The lowest BCUT2D eigenvalue weighted by Gasteiger charge is -2.41. The summed E-state index contributed by atoms with van der Waals surface area (Å²) in [6.45, 7) is 7.22. The molecule has 1 atom stereocenters. The predicted octanol–water partition coefficient (Wildman–Crippen LogP) is 6.04. The Hall–Kier alpha value is -2.60. The third-order valence-corrected chi connectivity index (χ3v) is 7.32. The molecule has 2 aliphatic rings. The number of thiocarbonyl (C=S) groups is 1. The summed E-state index contributed by atoms with van der Waals surface area (Å²) >= 11 is 5.92. The first-order valence-corrected chi connectivity index (χ1v) is 12.8. The van der Waals surface area contributed by atoms with Crippen LogP contribution in [0, 0.1) is 5.41 Å². The van der Waals surface area contributed by atoms with Crippen LogP contribution in [0.2, 0.25) is 0 Å². The second kappa shape index (κ2) is 9.95. The Bertz CT molecular complexity index is 1000. The zero-order valence-corrected chi connectivity index (χ0v) is 22.0. The second-order valence-corrected chi connectivity index (χ2v) is 11.1. The summed E-state index contributed by atoms with van der Waals surface area (Å²) < 4.78 is 6.17. The average Bonchev–Trinajstić information content (AvgIpc) is 3.07. The van der Waals surface area contributed by atoms with Crippen LogP contribution in [0.25, 0.3) is 0 Å². The van der Waals surface area contributed by atoms with Crippen LogP contribution in [0.5, 0.6) is 5.75 Å². The number of rotatable bonds is 6. The molecule has 1 N–H and O–H groups in total. The fourth-order valence-electron chi connectivity index (χ4n) is 4.92. The average molecular weight is 479 g/mol. The van der Waals surface area contributed by atoms with Crippen LogP contribution in [-0.4, -0.2) is 43.2 Å². The summed E-state index contributed by atoms with van der Waals surface area (Å²) in [5.74, 6) is 1.88. The van der Waals surface area contributed by atoms with Gasteiger partial charge >= 0.3 is 0 Å². The van der Waals surface area contributed by atoms with Crippen LogP contribution >= 0.6 is 12.2 Å². The highest BCUT2D eigenvalue weighted by molar-refractivity contribution is 7.80. The van der Waals surface area contributed by atoms with E-state index in [4.69, 9.17) is 21.9 Å². The van der Waals surface area contributed by atoms with Crippen molar-refractivity contribution in [3.05, 3.63) is 54.6 Å². The number of amidine groups is 1. The van der Waals surface area contributed by atoms with Gasteiger partial charge in [0.25, 0.3) is 0 Å². The monoisotopic (exact) mass is 478 g/mol. The van der Waals surface area contributed by atoms with Gasteiger partial charge in [-0.1, -0.05) is 58.2 Å². The van der Waals surface area contributed by atoms with Crippen molar-refractivity contribution in [2.24, 2.45) is 10.4 Å². The highest BCUT2D eigenvalue weighted by atomic mass is 32.1. The molecule has 1 unspecified atom stereocenters. The van der Waals surface area contributed by atoms with E-state index in [0.717, 1.165) is 35.2 Å². The van der Waals surface area contributed by atoms with Gasteiger partial charge in [0, 0.05) is 25.5 Å². The number of aliphatic imine (C=N–C) groups is 1. The van der Waals surface area contributed by atoms with E-state index in [-0.39, 0.29) is 17.0 Å². The molecule has 0 amide bonds. The molecule has 34 heavy (non-hydrogen) atoms. The highest BCUT2D eigenvalue weighted by Crippen LogP contribution is 2.42. The molecule has 0 bridgehead atoms. The van der Waals surface area contributed by atoms with Gasteiger partial charge in [0.05, 0.1) is 6.04 Å². The molecule has 5 nitrogen and oxygen atoms in total. The molecule has 1 aliphatic heterocycles. The van der Waals surface area contributed by atoms with Crippen LogP contribution in [0.3, 0.4) is 0 Å². The maximum absolute atomic E-state index is 6.17. The Labute approximate surface area is 210 Å². The second-order valence-electron chi connectivity index (χ2n) is 10.8. The maximum Gasteiger partial charge on any atom is 0.179 e. The van der Waals surface area contributed by atoms with E-state index in [1.165, 1.54) is 24.9 Å². The highest BCUT2D eigenvalue weighted by Gasteiger charge is 2.50. The molecule has 6 heteroatoms. The summed E-state index contributed by atoms with van der Waals surface area (Å²) in [6.07, 6.45) is 5.71. The van der Waals surface area contributed by atoms with Crippen molar-refractivity contribution < 1.29 is 4.74 Å². The van der Waals surface area contributed by atoms with Crippen LogP contribution in [0.4, 0.5) is 11.4 Å². The lowest BCUT2D eigenvalue weighted by Crippen LogP contribution is -2.52. The number of nitrogens with one attached hydrogen (secondary N) is 1. The molecule has 182 valence electrons. The number of nitrogens with zero attached hydrogens (tertiary/aromatic N) is 3. The molecular formula is C28H38N4OS. The van der Waals surface area contributed by atoms with Crippen molar-refractivity contribution in [3.8, 4) is 5.75 Å². The molecule has 1 spiro atoms. The fraction of sp³-hybridized carbons (Fsp3) is 0.500. The van der Waals surface area contributed by atoms with Gasteiger partial charge in [-0.3, -0.25) is 4.99 Å². The number of hydrogen-bond acceptors (Lipinski definition) is 4. The number of para-hydroxylation sites is 1. The van der Waals surface area contributed by atoms with Gasteiger partial charge in [0.1, 0.15) is 23.7 Å². The lowest BCUT2D eigenvalue weighted by atomic mass is 9.79. The van der Waals surface area contributed by atoms with E-state index < -0.39 is 0 Å². The summed E-state index contributed by atoms with van der Waals surface area (Å²) in [5.41, 5.74) is 2.04. The normalized spacial score (nSPS) is 19.9. The first-order valence-electron chi connectivity index (χ1n) is 12.4. The topological polar surface area (TPSA) is 40.1 Å². The van der Waals surface area contributed by atoms with E-state index in [9.17, 15) is 0 Å². The fourth-order valence-corrected chi connectivity index (χ4v) is 5.29. The number of hydrogen-bond donors (Lipinski definition) is 1. The van der Waals surface area contributed by atoms with E-state index in [1.54, 1.807) is 0 Å². The van der Waals surface area contributed by atoms with Gasteiger partial charge in [-0.2, -0.15) is 0 Å². The minimum Gasteiger partial charge on any atom is -0.491 e. The molecule has 0 radical (unpaired) electrons. The van der Waals surface area contributed by atoms with Crippen molar-refractivity contribution in [2.75, 3.05) is 30.5 Å². The van der Waals surface area contributed by atoms with Crippen LogP contribution < -0.4 is 19.9 Å². The quantitative estimate of drug-likeness (QED) is 0.513. The van der Waals surface area contributed by atoms with E-state index >= 15 is 0 Å². The van der Waals surface area contributed by atoms with Crippen molar-refractivity contribution in [2.45, 2.75) is 64.5 Å². The molecule has 2 fully saturated rings. The Kier molecular flexibility index (Phi) is 7.17. The SMILES string of the molecule is CN(C)c1ccc(N2C(=S)NC(=NC(COc3ccccc3)C(C)(C)C)C23CCCCC3)cc1. The summed E-state index contributed by atoms with van der Waals surface area (Å²) in [6, 6.07) is 18.7. The van der Waals surface area contributed by atoms with Crippen LogP contribution in [0.1, 0.15) is 52.9 Å². The zero-order valence-electron chi connectivity index (χ0n) is 21.2. The summed E-state index contributed by atoms with van der Waals surface area (Å²) in [7, 11) is 4.13. The largest absolute Gasteiger partial charge is 0.491 e. The van der Waals surface area contributed by atoms with Gasteiger partial charge in [-0.05, 0) is 66.9 Å². The molecule has 4 rings (SSSR count). The molecule has 2 aromatic rings. The number of ether oxygens (including phenoxy) is 1. The third-order valence-electron chi connectivity index (χ3n) is 7.04. The predicted molar refractivity (Wildman–Crippen MR) is 147 cm³/mol. The maximum atomic E-state index is 6.17. The third kappa shape index (κ3) is 5.07. The Morgan fingerprint density at radius 3 is 2.26 bits per heavy atom. The zero-order chi connectivity index (χ0) is 24.3. The van der Waals surface area contributed by atoms with Crippen LogP contribution in [0.15, 0.2) is 59.6 Å². The molecule has 1 saturated carbocycles. The van der Waals surface area contributed by atoms with Gasteiger partial charge in [0.15, 0.2) is 5.11 Å². The van der Waals surface area contributed by atoms with Crippen molar-refractivity contribution in [3.63, 3.8) is 0 Å². The number of benzene rings is 2. The molecule has 2 aromatic carbocycles. The Morgan fingerprint density at radius 2 is 1.68 bits per heavy atom. The minimum absolute atomic E-state index is 0.00660. The Morgan fingerprint density at radius 1 is 1.03 bits per heavy atom. The first-order chi connectivity index (χ1) is 16.2. The number of anilines is 2. The molecule has 0 aromatic heterocycles. The lowest BCUT2D eigenvalue weighted by molar-refractivity contribution is 0.206. The standard InChI is InChI=1S/C28H38N4OS/c1-27(2,3)24(20-33-23-12-8-6-9-13-23)29-25-28(18-10-7-11-19-28)32(26(34)30-25)22-16-14-21(15-17-22)31(4)5/h6,8-9,12-17,24H,7,10-11,18-20H2,1-5H3,(H,29,30,34). The van der Waals surface area contributed by atoms with Gasteiger partial charge in [-0.25, -0.2) is 0 Å². The van der Waals surface area contributed by atoms with Gasteiger partial charge in [-0.15, -0.1) is 0 Å². The molecular weight excluding hydrogens is 440 g/mol. The molecule has 1 aliphatic carbocycles.